The number of carboxylic acid groups (broad SMARTS) is 1. The van der Waals surface area contributed by atoms with Crippen LogP contribution in [0.15, 0.2) is 57.9 Å². The molecule has 0 aliphatic carbocycles. The topological polar surface area (TPSA) is 62.8 Å². The minimum Gasteiger partial charge on any atom is -0.481 e. The summed E-state index contributed by atoms with van der Waals surface area (Å²) in [6, 6.07) is 16.0. The third kappa shape index (κ3) is 7.52. The molecule has 1 heterocycles. The summed E-state index contributed by atoms with van der Waals surface area (Å²) in [6.45, 7) is 2.85. The van der Waals surface area contributed by atoms with Crippen molar-refractivity contribution in [3.05, 3.63) is 64.5 Å². The molecule has 0 aliphatic heterocycles. The van der Waals surface area contributed by atoms with Crippen LogP contribution in [0, 0.1) is 6.92 Å². The molecule has 0 saturated heterocycles. The van der Waals surface area contributed by atoms with E-state index < -0.39 is 5.97 Å². The number of rotatable bonds is 12. The lowest BCUT2D eigenvalue weighted by Crippen LogP contribution is -2.05. The molecule has 170 valence electrons. The second-order valence-electron chi connectivity index (χ2n) is 8.36. The quantitative estimate of drug-likeness (QED) is 0.288. The highest BCUT2D eigenvalue weighted by atomic mass is 35.5. The molecule has 0 saturated carbocycles. The first-order valence-electron chi connectivity index (χ1n) is 11.6. The van der Waals surface area contributed by atoms with Gasteiger partial charge in [0.25, 0.3) is 0 Å². The van der Waals surface area contributed by atoms with Crippen molar-refractivity contribution in [3.63, 3.8) is 0 Å². The van der Waals surface area contributed by atoms with Gasteiger partial charge in [0.05, 0.1) is 5.36 Å². The summed E-state index contributed by atoms with van der Waals surface area (Å²) in [7, 11) is 0. The van der Waals surface area contributed by atoms with Gasteiger partial charge in [-0.25, -0.2) is 0 Å². The number of benzene rings is 2. The van der Waals surface area contributed by atoms with E-state index in [1.54, 1.807) is 0 Å². The fraction of sp³-hybridized carbons (Fsp3) is 0.407. The highest BCUT2D eigenvalue weighted by Gasteiger charge is 2.07. The van der Waals surface area contributed by atoms with Gasteiger partial charge >= 0.3 is 5.97 Å². The molecule has 32 heavy (non-hydrogen) atoms. The molecule has 0 atom stereocenters. The van der Waals surface area contributed by atoms with E-state index >= 15 is 0 Å². The maximum atomic E-state index is 10.5. The predicted molar refractivity (Wildman–Crippen MR) is 131 cm³/mol. The molecule has 3 aromatic rings. The molecule has 0 fully saturated rings. The van der Waals surface area contributed by atoms with E-state index in [4.69, 9.17) is 26.1 Å². The number of halogens is 1. The lowest BCUT2D eigenvalue weighted by molar-refractivity contribution is -0.137. The predicted octanol–water partition coefficient (Wildman–Crippen LogP) is 7.56. The van der Waals surface area contributed by atoms with Crippen LogP contribution in [0.3, 0.4) is 0 Å². The lowest BCUT2D eigenvalue weighted by Gasteiger charge is -2.06. The van der Waals surface area contributed by atoms with Gasteiger partial charge in [0.2, 0.25) is 0 Å². The zero-order valence-electron chi connectivity index (χ0n) is 18.8. The van der Waals surface area contributed by atoms with Crippen LogP contribution >= 0.6 is 11.6 Å². The lowest BCUT2D eigenvalue weighted by atomic mass is 10.1. The number of carboxylic acids is 1. The van der Waals surface area contributed by atoms with Crippen molar-refractivity contribution >= 4 is 28.5 Å². The molecule has 1 N–H and O–H groups in total. The number of carbonyl (C=O) groups is 1. The summed E-state index contributed by atoms with van der Waals surface area (Å²) < 4.78 is 6.14. The molecule has 2 aromatic carbocycles. The Bertz CT molecular complexity index is 1090. The molecule has 4 nitrogen and oxygen atoms in total. The van der Waals surface area contributed by atoms with E-state index in [0.29, 0.717) is 11.4 Å². The molecule has 5 heteroatoms. The maximum absolute atomic E-state index is 10.5. The van der Waals surface area contributed by atoms with Gasteiger partial charge in [-0.1, -0.05) is 80.0 Å². The molecular formula is C27H32ClNO3. The first-order valence-corrected chi connectivity index (χ1v) is 11.9. The molecule has 0 radical (unpaired) electrons. The van der Waals surface area contributed by atoms with Crippen LogP contribution in [0.25, 0.3) is 22.3 Å². The molecule has 1 aromatic heterocycles. The van der Waals surface area contributed by atoms with Crippen LogP contribution in [0.2, 0.25) is 5.02 Å². The van der Waals surface area contributed by atoms with Crippen molar-refractivity contribution in [2.75, 3.05) is 6.54 Å². The van der Waals surface area contributed by atoms with Crippen LogP contribution < -0.4 is 5.36 Å². The van der Waals surface area contributed by atoms with Crippen LogP contribution in [-0.4, -0.2) is 17.6 Å². The normalized spacial score (nSPS) is 11.9. The first-order chi connectivity index (χ1) is 15.5. The number of unbranched alkanes of at least 4 members (excludes halogenated alkanes) is 7. The summed E-state index contributed by atoms with van der Waals surface area (Å²) in [6.07, 6.45) is 9.00. The van der Waals surface area contributed by atoms with Gasteiger partial charge in [0.1, 0.15) is 11.3 Å². The van der Waals surface area contributed by atoms with Gasteiger partial charge in [-0.3, -0.25) is 9.79 Å². The standard InChI is InChI=1S/C27H32ClNO3/c1-20-11-13-21(14-12-20)26-19-24(23-18-22(28)15-16-25(23)32-26)29-17-9-7-5-3-2-4-6-8-10-27(30)31/h11-16,18-19H,2-10,17H2,1H3,(H,30,31). The third-order valence-corrected chi connectivity index (χ3v) is 5.86. The average molecular weight is 454 g/mol. The Balaban J connectivity index is 1.57. The molecule has 3 rings (SSSR count). The summed E-state index contributed by atoms with van der Waals surface area (Å²) in [5.41, 5.74) is 3.04. The Labute approximate surface area is 195 Å². The molecular weight excluding hydrogens is 422 g/mol. The zero-order valence-corrected chi connectivity index (χ0v) is 19.5. The summed E-state index contributed by atoms with van der Waals surface area (Å²) in [5, 5.41) is 11.2. The largest absolute Gasteiger partial charge is 0.481 e. The summed E-state index contributed by atoms with van der Waals surface area (Å²) >= 11 is 6.23. The first kappa shape index (κ1) is 24.1. The Morgan fingerprint density at radius 2 is 1.56 bits per heavy atom. The van der Waals surface area contributed by atoms with E-state index in [1.165, 1.54) is 24.8 Å². The van der Waals surface area contributed by atoms with Crippen molar-refractivity contribution in [1.29, 1.82) is 0 Å². The molecule has 0 amide bonds. The second-order valence-corrected chi connectivity index (χ2v) is 8.79. The number of hydrogen-bond acceptors (Lipinski definition) is 3. The van der Waals surface area contributed by atoms with E-state index in [1.807, 2.05) is 24.3 Å². The highest BCUT2D eigenvalue weighted by molar-refractivity contribution is 6.31. The van der Waals surface area contributed by atoms with E-state index in [2.05, 4.69) is 31.2 Å². The maximum Gasteiger partial charge on any atom is 0.303 e. The number of nitrogens with zero attached hydrogens (tertiary/aromatic N) is 1. The van der Waals surface area contributed by atoms with Gasteiger partial charge in [-0.15, -0.1) is 0 Å². The van der Waals surface area contributed by atoms with Crippen LogP contribution in [0.5, 0.6) is 0 Å². The number of fused-ring (bicyclic) bond motifs is 1. The van der Waals surface area contributed by atoms with Crippen molar-refractivity contribution in [2.24, 2.45) is 4.99 Å². The van der Waals surface area contributed by atoms with Gasteiger partial charge in [0, 0.05) is 35.0 Å². The van der Waals surface area contributed by atoms with Crippen molar-refractivity contribution in [2.45, 2.75) is 64.7 Å². The Kier molecular flexibility index (Phi) is 9.36. The van der Waals surface area contributed by atoms with Gasteiger partial charge in [-0.05, 0) is 38.0 Å². The molecule has 0 unspecified atom stereocenters. The van der Waals surface area contributed by atoms with Crippen LogP contribution in [-0.2, 0) is 4.79 Å². The smallest absolute Gasteiger partial charge is 0.303 e. The minimum atomic E-state index is -0.693. The van der Waals surface area contributed by atoms with Crippen LogP contribution in [0.1, 0.15) is 63.4 Å². The fourth-order valence-electron chi connectivity index (χ4n) is 3.78. The van der Waals surface area contributed by atoms with E-state index in [-0.39, 0.29) is 0 Å². The molecule has 0 aliphatic rings. The second kappa shape index (κ2) is 12.4. The summed E-state index contributed by atoms with van der Waals surface area (Å²) in [5.74, 6) is 0.114. The van der Waals surface area contributed by atoms with Gasteiger partial charge in [-0.2, -0.15) is 0 Å². The Morgan fingerprint density at radius 3 is 2.25 bits per heavy atom. The number of hydrogen-bond donors (Lipinski definition) is 1. The van der Waals surface area contributed by atoms with Gasteiger partial charge in [0.15, 0.2) is 0 Å². The Hall–Kier alpha value is -2.59. The third-order valence-electron chi connectivity index (χ3n) is 5.62. The molecule has 0 spiro atoms. The molecule has 0 bridgehead atoms. The van der Waals surface area contributed by atoms with Crippen molar-refractivity contribution in [1.82, 2.24) is 0 Å². The Morgan fingerprint density at radius 1 is 0.906 bits per heavy atom. The van der Waals surface area contributed by atoms with Gasteiger partial charge < -0.3 is 9.52 Å². The van der Waals surface area contributed by atoms with E-state index in [0.717, 1.165) is 66.3 Å². The van der Waals surface area contributed by atoms with Crippen molar-refractivity contribution in [3.8, 4) is 11.3 Å². The van der Waals surface area contributed by atoms with Crippen molar-refractivity contribution < 1.29 is 14.3 Å². The van der Waals surface area contributed by atoms with Crippen LogP contribution in [0.4, 0.5) is 0 Å². The number of aliphatic carboxylic acids is 1. The zero-order chi connectivity index (χ0) is 22.8. The summed E-state index contributed by atoms with van der Waals surface area (Å²) in [4.78, 5) is 15.4. The number of aryl methyl sites for hydroxylation is 1. The minimum absolute atomic E-state index is 0.291. The fourth-order valence-corrected chi connectivity index (χ4v) is 3.95. The average Bonchev–Trinajstić information content (AvgIpc) is 2.77. The monoisotopic (exact) mass is 453 g/mol. The SMILES string of the molecule is Cc1ccc(-c2cc(=NCCCCCCCCCCC(=O)O)c3cc(Cl)ccc3o2)cc1. The van der Waals surface area contributed by atoms with E-state index in [9.17, 15) is 4.79 Å². The highest BCUT2D eigenvalue weighted by Crippen LogP contribution is 2.24.